The van der Waals surface area contributed by atoms with Gasteiger partial charge in [-0.1, -0.05) is 46.0 Å². The summed E-state index contributed by atoms with van der Waals surface area (Å²) in [5.74, 6) is 1.77. The van der Waals surface area contributed by atoms with E-state index in [2.05, 4.69) is 19.2 Å². The number of ether oxygens (including phenoxy) is 1. The molecular weight excluding hydrogens is 222 g/mol. The molecular formula is C16H33NO. The number of unbranched alkanes of at least 4 members (excludes halogenated alkanes) is 3. The van der Waals surface area contributed by atoms with Crippen molar-refractivity contribution < 1.29 is 4.74 Å². The second-order valence-electron chi connectivity index (χ2n) is 6.21. The molecule has 18 heavy (non-hydrogen) atoms. The van der Waals surface area contributed by atoms with Crippen LogP contribution in [0.25, 0.3) is 0 Å². The van der Waals surface area contributed by atoms with Gasteiger partial charge in [0.05, 0.1) is 0 Å². The molecule has 0 aromatic rings. The standard InChI is InChI=1S/C16H33NO/c1-15(2)14-17-11-5-3-4-6-12-18-13-10-16-8-7-9-16/h15-17H,3-14H2,1-2H3. The van der Waals surface area contributed by atoms with E-state index in [1.807, 2.05) is 0 Å². The van der Waals surface area contributed by atoms with E-state index >= 15 is 0 Å². The van der Waals surface area contributed by atoms with Crippen molar-refractivity contribution in [3.8, 4) is 0 Å². The topological polar surface area (TPSA) is 21.3 Å². The lowest BCUT2D eigenvalue weighted by molar-refractivity contribution is 0.103. The van der Waals surface area contributed by atoms with Gasteiger partial charge in [0.1, 0.15) is 0 Å². The van der Waals surface area contributed by atoms with Crippen LogP contribution < -0.4 is 5.32 Å². The normalized spacial score (nSPS) is 16.2. The first kappa shape index (κ1) is 16.0. The fraction of sp³-hybridized carbons (Fsp3) is 1.00. The predicted octanol–water partition coefficient (Wildman–Crippen LogP) is 4.00. The fourth-order valence-electron chi connectivity index (χ4n) is 2.33. The van der Waals surface area contributed by atoms with E-state index in [0.717, 1.165) is 31.6 Å². The Kier molecular flexibility index (Phi) is 9.59. The molecule has 0 amide bonds. The highest BCUT2D eigenvalue weighted by atomic mass is 16.5. The summed E-state index contributed by atoms with van der Waals surface area (Å²) in [6.07, 6.45) is 10.9. The molecule has 0 atom stereocenters. The van der Waals surface area contributed by atoms with E-state index < -0.39 is 0 Å². The number of hydrogen-bond donors (Lipinski definition) is 1. The van der Waals surface area contributed by atoms with Crippen LogP contribution in [0, 0.1) is 11.8 Å². The van der Waals surface area contributed by atoms with Crippen molar-refractivity contribution >= 4 is 0 Å². The van der Waals surface area contributed by atoms with Crippen LogP contribution in [0.15, 0.2) is 0 Å². The average molecular weight is 255 g/mol. The molecule has 0 heterocycles. The van der Waals surface area contributed by atoms with Gasteiger partial charge in [-0.05, 0) is 44.2 Å². The van der Waals surface area contributed by atoms with Gasteiger partial charge in [-0.2, -0.15) is 0 Å². The minimum absolute atomic E-state index is 0.772. The third-order valence-electron chi connectivity index (χ3n) is 3.84. The van der Waals surface area contributed by atoms with Gasteiger partial charge < -0.3 is 10.1 Å². The molecule has 2 nitrogen and oxygen atoms in total. The van der Waals surface area contributed by atoms with Gasteiger partial charge in [0.25, 0.3) is 0 Å². The smallest absolute Gasteiger partial charge is 0.0468 e. The van der Waals surface area contributed by atoms with Crippen LogP contribution in [0.3, 0.4) is 0 Å². The summed E-state index contributed by atoms with van der Waals surface area (Å²) >= 11 is 0. The van der Waals surface area contributed by atoms with E-state index in [4.69, 9.17) is 4.74 Å². The van der Waals surface area contributed by atoms with Crippen molar-refractivity contribution in [2.24, 2.45) is 11.8 Å². The SMILES string of the molecule is CC(C)CNCCCCCCOCCC1CCC1. The summed E-state index contributed by atoms with van der Waals surface area (Å²) in [5.41, 5.74) is 0. The highest BCUT2D eigenvalue weighted by molar-refractivity contribution is 4.68. The average Bonchev–Trinajstić information content (AvgIpc) is 2.28. The molecule has 1 rings (SSSR count). The molecule has 2 heteroatoms. The van der Waals surface area contributed by atoms with Gasteiger partial charge in [0.15, 0.2) is 0 Å². The van der Waals surface area contributed by atoms with Crippen molar-refractivity contribution in [3.05, 3.63) is 0 Å². The first-order valence-corrected chi connectivity index (χ1v) is 8.07. The Morgan fingerprint density at radius 1 is 1.06 bits per heavy atom. The van der Waals surface area contributed by atoms with E-state index in [-0.39, 0.29) is 0 Å². The van der Waals surface area contributed by atoms with Crippen molar-refractivity contribution in [3.63, 3.8) is 0 Å². The molecule has 1 aliphatic carbocycles. The summed E-state index contributed by atoms with van der Waals surface area (Å²) in [5, 5.41) is 3.49. The van der Waals surface area contributed by atoms with Crippen molar-refractivity contribution in [2.45, 2.75) is 65.2 Å². The highest BCUT2D eigenvalue weighted by Gasteiger charge is 2.16. The molecule has 0 aliphatic heterocycles. The molecule has 0 radical (unpaired) electrons. The summed E-state index contributed by atoms with van der Waals surface area (Å²) < 4.78 is 5.68. The monoisotopic (exact) mass is 255 g/mol. The van der Waals surface area contributed by atoms with Crippen molar-refractivity contribution in [2.75, 3.05) is 26.3 Å². The lowest BCUT2D eigenvalue weighted by atomic mass is 9.83. The Labute approximate surface area is 114 Å². The Morgan fingerprint density at radius 3 is 2.50 bits per heavy atom. The van der Waals surface area contributed by atoms with Crippen molar-refractivity contribution in [1.29, 1.82) is 0 Å². The molecule has 108 valence electrons. The van der Waals surface area contributed by atoms with Crippen molar-refractivity contribution in [1.82, 2.24) is 5.32 Å². The van der Waals surface area contributed by atoms with E-state index in [9.17, 15) is 0 Å². The van der Waals surface area contributed by atoms with Gasteiger partial charge in [0.2, 0.25) is 0 Å². The molecule has 1 fully saturated rings. The molecule has 0 unspecified atom stereocenters. The van der Waals surface area contributed by atoms with Gasteiger partial charge in [0, 0.05) is 13.2 Å². The largest absolute Gasteiger partial charge is 0.381 e. The molecule has 0 saturated heterocycles. The summed E-state index contributed by atoms with van der Waals surface area (Å²) in [7, 11) is 0. The number of hydrogen-bond acceptors (Lipinski definition) is 2. The van der Waals surface area contributed by atoms with E-state index in [1.165, 1.54) is 57.9 Å². The predicted molar refractivity (Wildman–Crippen MR) is 79.0 cm³/mol. The lowest BCUT2D eigenvalue weighted by Gasteiger charge is -2.24. The molecule has 1 saturated carbocycles. The van der Waals surface area contributed by atoms with Crippen LogP contribution in [0.4, 0.5) is 0 Å². The number of nitrogens with one attached hydrogen (secondary N) is 1. The minimum Gasteiger partial charge on any atom is -0.381 e. The maximum absolute atomic E-state index is 5.68. The summed E-state index contributed by atoms with van der Waals surface area (Å²) in [6.45, 7) is 8.83. The van der Waals surface area contributed by atoms with Crippen LogP contribution in [-0.2, 0) is 4.74 Å². The van der Waals surface area contributed by atoms with Crippen LogP contribution in [0.1, 0.15) is 65.2 Å². The van der Waals surface area contributed by atoms with Gasteiger partial charge in [-0.15, -0.1) is 0 Å². The van der Waals surface area contributed by atoms with Gasteiger partial charge >= 0.3 is 0 Å². The molecule has 1 aliphatic rings. The zero-order chi connectivity index (χ0) is 13.1. The van der Waals surface area contributed by atoms with Crippen LogP contribution in [0.2, 0.25) is 0 Å². The second kappa shape index (κ2) is 10.8. The van der Waals surface area contributed by atoms with Crippen LogP contribution in [-0.4, -0.2) is 26.3 Å². The zero-order valence-electron chi connectivity index (χ0n) is 12.5. The Bertz CT molecular complexity index is 178. The summed E-state index contributed by atoms with van der Waals surface area (Å²) in [4.78, 5) is 0. The maximum Gasteiger partial charge on any atom is 0.0468 e. The maximum atomic E-state index is 5.68. The summed E-state index contributed by atoms with van der Waals surface area (Å²) in [6, 6.07) is 0. The Morgan fingerprint density at radius 2 is 1.83 bits per heavy atom. The van der Waals surface area contributed by atoms with Crippen LogP contribution in [0.5, 0.6) is 0 Å². The fourth-order valence-corrected chi connectivity index (χ4v) is 2.33. The van der Waals surface area contributed by atoms with Gasteiger partial charge in [-0.3, -0.25) is 0 Å². The van der Waals surface area contributed by atoms with E-state index in [0.29, 0.717) is 0 Å². The Hall–Kier alpha value is -0.0800. The van der Waals surface area contributed by atoms with E-state index in [1.54, 1.807) is 0 Å². The first-order chi connectivity index (χ1) is 8.79. The molecule has 0 aromatic heterocycles. The van der Waals surface area contributed by atoms with Gasteiger partial charge in [-0.25, -0.2) is 0 Å². The number of rotatable bonds is 12. The molecule has 0 bridgehead atoms. The quantitative estimate of drug-likeness (QED) is 0.532. The first-order valence-electron chi connectivity index (χ1n) is 8.07. The second-order valence-corrected chi connectivity index (χ2v) is 6.21. The van der Waals surface area contributed by atoms with Crippen LogP contribution >= 0.6 is 0 Å². The third-order valence-corrected chi connectivity index (χ3v) is 3.84. The Balaban J connectivity index is 1.65. The lowest BCUT2D eigenvalue weighted by Crippen LogP contribution is -2.20. The highest BCUT2D eigenvalue weighted by Crippen LogP contribution is 2.29. The molecule has 1 N–H and O–H groups in total. The third kappa shape index (κ3) is 8.93. The minimum atomic E-state index is 0.772. The molecule has 0 spiro atoms. The zero-order valence-corrected chi connectivity index (χ0v) is 12.5. The molecule has 0 aromatic carbocycles.